The largest absolute Gasteiger partial charge is 0.449 e. The maximum Gasteiger partial charge on any atom is 0.410 e. The molecule has 0 saturated carbocycles. The van der Waals surface area contributed by atoms with Crippen LogP contribution in [-0.2, 0) is 9.53 Å². The zero-order valence-electron chi connectivity index (χ0n) is 10.7. The first-order valence-corrected chi connectivity index (χ1v) is 5.78. The van der Waals surface area contributed by atoms with E-state index in [1.807, 2.05) is 6.92 Å². The Morgan fingerprint density at radius 1 is 1.47 bits per heavy atom. The van der Waals surface area contributed by atoms with Crippen molar-refractivity contribution < 1.29 is 19.4 Å². The van der Waals surface area contributed by atoms with E-state index in [1.54, 1.807) is 6.92 Å². The molecule has 6 nitrogen and oxygen atoms in total. The highest BCUT2D eigenvalue weighted by atomic mass is 16.6. The van der Waals surface area contributed by atoms with Gasteiger partial charge in [0.1, 0.15) is 0 Å². The molecule has 0 aromatic rings. The third-order valence-corrected chi connectivity index (χ3v) is 2.35. The minimum absolute atomic E-state index is 0.0178. The fourth-order valence-electron chi connectivity index (χ4n) is 1.10. The van der Waals surface area contributed by atoms with Crippen LogP contribution in [0, 0.1) is 0 Å². The molecular weight excluding hydrogens is 224 g/mol. The summed E-state index contributed by atoms with van der Waals surface area (Å²) in [6.45, 7) is 4.38. The van der Waals surface area contributed by atoms with Crippen LogP contribution in [0.5, 0.6) is 0 Å². The molecule has 0 aromatic carbocycles. The predicted octanol–water partition coefficient (Wildman–Crippen LogP) is 0.00430. The Bertz CT molecular complexity index is 246. The van der Waals surface area contributed by atoms with Crippen LogP contribution >= 0.6 is 0 Å². The lowest BCUT2D eigenvalue weighted by atomic mass is 10.2. The zero-order valence-corrected chi connectivity index (χ0v) is 10.7. The molecule has 0 spiro atoms. The van der Waals surface area contributed by atoms with E-state index in [1.165, 1.54) is 11.9 Å². The summed E-state index contributed by atoms with van der Waals surface area (Å²) >= 11 is 0. The van der Waals surface area contributed by atoms with Gasteiger partial charge in [0.15, 0.2) is 5.78 Å². The van der Waals surface area contributed by atoms with Crippen molar-refractivity contribution in [1.29, 1.82) is 0 Å². The monoisotopic (exact) mass is 246 g/mol. The summed E-state index contributed by atoms with van der Waals surface area (Å²) in [5.74, 6) is -0.116. The highest BCUT2D eigenvalue weighted by Gasteiger charge is 2.22. The third-order valence-electron chi connectivity index (χ3n) is 2.35. The molecule has 6 heteroatoms. The van der Waals surface area contributed by atoms with E-state index in [9.17, 15) is 9.59 Å². The highest BCUT2D eigenvalue weighted by Crippen LogP contribution is 2.00. The molecule has 1 amide bonds. The van der Waals surface area contributed by atoms with Gasteiger partial charge in [0.05, 0.1) is 25.8 Å². The van der Waals surface area contributed by atoms with Gasteiger partial charge < -0.3 is 20.1 Å². The molecule has 0 fully saturated rings. The molecule has 0 saturated heterocycles. The van der Waals surface area contributed by atoms with Gasteiger partial charge in [-0.25, -0.2) is 4.79 Å². The number of hydrogen-bond donors (Lipinski definition) is 2. The van der Waals surface area contributed by atoms with Gasteiger partial charge >= 0.3 is 6.09 Å². The number of amides is 1. The lowest BCUT2D eigenvalue weighted by molar-refractivity contribution is -0.122. The number of likely N-dealkylation sites (N-methyl/N-ethyl adjacent to an activating group) is 1. The number of ether oxygens (including phenoxy) is 1. The van der Waals surface area contributed by atoms with Crippen LogP contribution in [0.25, 0.3) is 0 Å². The summed E-state index contributed by atoms with van der Waals surface area (Å²) in [5.41, 5.74) is 0. The molecule has 0 aliphatic rings. The van der Waals surface area contributed by atoms with Gasteiger partial charge in [-0.3, -0.25) is 4.79 Å². The molecule has 0 aromatic heterocycles. The van der Waals surface area contributed by atoms with Crippen molar-refractivity contribution in [3.05, 3.63) is 0 Å². The maximum atomic E-state index is 11.6. The van der Waals surface area contributed by atoms with Gasteiger partial charge in [0.25, 0.3) is 0 Å². The summed E-state index contributed by atoms with van der Waals surface area (Å²) < 4.78 is 4.92. The molecule has 100 valence electrons. The average molecular weight is 246 g/mol. The van der Waals surface area contributed by atoms with Crippen molar-refractivity contribution in [1.82, 2.24) is 10.2 Å². The number of nitrogens with zero attached hydrogens (tertiary/aromatic N) is 1. The fraction of sp³-hybridized carbons (Fsp3) is 0.818. The number of nitrogens with one attached hydrogen (secondary N) is 1. The first kappa shape index (κ1) is 15.9. The number of carbonyl (C=O) groups is 2. The first-order chi connectivity index (χ1) is 8.04. The number of ketones is 1. The standard InChI is InChI=1S/C11H22N2O4/c1-4-7-17-11(16)13(3)9(2)10(15)8-12-5-6-14/h9,12,14H,4-8H2,1-3H3/t9-/m1/s1. The molecule has 0 aliphatic heterocycles. The summed E-state index contributed by atoms with van der Waals surface area (Å²) in [7, 11) is 1.53. The van der Waals surface area contributed by atoms with E-state index in [0.29, 0.717) is 13.2 Å². The quantitative estimate of drug-likeness (QED) is 0.590. The summed E-state index contributed by atoms with van der Waals surface area (Å²) in [5, 5.41) is 11.3. The Morgan fingerprint density at radius 3 is 2.65 bits per heavy atom. The lowest BCUT2D eigenvalue weighted by Gasteiger charge is -2.23. The second-order valence-corrected chi connectivity index (χ2v) is 3.77. The second-order valence-electron chi connectivity index (χ2n) is 3.77. The van der Waals surface area contributed by atoms with Crippen LogP contribution in [0.2, 0.25) is 0 Å². The van der Waals surface area contributed by atoms with Crippen molar-refractivity contribution in [2.24, 2.45) is 0 Å². The summed E-state index contributed by atoms with van der Waals surface area (Å²) in [6.07, 6.45) is 0.259. The molecule has 0 bridgehead atoms. The second kappa shape index (κ2) is 8.95. The van der Waals surface area contributed by atoms with Gasteiger partial charge in [-0.05, 0) is 13.3 Å². The molecule has 1 atom stereocenters. The highest BCUT2D eigenvalue weighted by molar-refractivity contribution is 5.88. The number of rotatable bonds is 8. The van der Waals surface area contributed by atoms with Gasteiger partial charge in [0, 0.05) is 13.6 Å². The van der Waals surface area contributed by atoms with Gasteiger partial charge in [-0.2, -0.15) is 0 Å². The van der Waals surface area contributed by atoms with E-state index in [-0.39, 0.29) is 18.9 Å². The summed E-state index contributed by atoms with van der Waals surface area (Å²) in [4.78, 5) is 24.4. The van der Waals surface area contributed by atoms with E-state index in [4.69, 9.17) is 9.84 Å². The van der Waals surface area contributed by atoms with Crippen LogP contribution in [0.15, 0.2) is 0 Å². The topological polar surface area (TPSA) is 78.9 Å². The van der Waals surface area contributed by atoms with E-state index in [0.717, 1.165) is 6.42 Å². The first-order valence-electron chi connectivity index (χ1n) is 5.78. The fourth-order valence-corrected chi connectivity index (χ4v) is 1.10. The Balaban J connectivity index is 4.05. The van der Waals surface area contributed by atoms with Crippen LogP contribution in [0.4, 0.5) is 4.79 Å². The zero-order chi connectivity index (χ0) is 13.3. The Hall–Kier alpha value is -1.14. The number of aliphatic hydroxyl groups excluding tert-OH is 1. The minimum Gasteiger partial charge on any atom is -0.449 e. The normalized spacial score (nSPS) is 12.0. The molecule has 0 aliphatic carbocycles. The Morgan fingerprint density at radius 2 is 2.12 bits per heavy atom. The number of hydrogen-bond acceptors (Lipinski definition) is 5. The van der Waals surface area contributed by atoms with Crippen LogP contribution in [0.3, 0.4) is 0 Å². The molecule has 0 heterocycles. The predicted molar refractivity (Wildman–Crippen MR) is 63.8 cm³/mol. The van der Waals surface area contributed by atoms with E-state index in [2.05, 4.69) is 5.32 Å². The van der Waals surface area contributed by atoms with Gasteiger partial charge in [-0.15, -0.1) is 0 Å². The molecular formula is C11H22N2O4. The van der Waals surface area contributed by atoms with Crippen molar-refractivity contribution in [2.45, 2.75) is 26.3 Å². The Kier molecular flexibility index (Phi) is 8.35. The molecule has 0 radical (unpaired) electrons. The molecule has 0 unspecified atom stereocenters. The minimum atomic E-state index is -0.537. The molecule has 17 heavy (non-hydrogen) atoms. The van der Waals surface area contributed by atoms with E-state index < -0.39 is 12.1 Å². The third kappa shape index (κ3) is 6.23. The lowest BCUT2D eigenvalue weighted by Crippen LogP contribution is -2.44. The SMILES string of the molecule is CCCOC(=O)N(C)[C@H](C)C(=O)CNCCO. The number of Topliss-reactive ketones (excluding diaryl/α,β-unsaturated/α-hetero) is 1. The smallest absolute Gasteiger partial charge is 0.410 e. The number of aliphatic hydroxyl groups is 1. The summed E-state index contributed by atoms with van der Waals surface area (Å²) in [6, 6.07) is -0.537. The van der Waals surface area contributed by atoms with E-state index >= 15 is 0 Å². The maximum absolute atomic E-state index is 11.6. The van der Waals surface area contributed by atoms with Crippen molar-refractivity contribution in [2.75, 3.05) is 33.4 Å². The average Bonchev–Trinajstić information content (AvgIpc) is 2.34. The molecule has 2 N–H and O–H groups in total. The Labute approximate surface area is 102 Å². The van der Waals surface area contributed by atoms with Crippen LogP contribution < -0.4 is 5.32 Å². The van der Waals surface area contributed by atoms with Crippen molar-refractivity contribution in [3.8, 4) is 0 Å². The number of carbonyl (C=O) groups excluding carboxylic acids is 2. The van der Waals surface area contributed by atoms with Crippen molar-refractivity contribution in [3.63, 3.8) is 0 Å². The molecule has 0 rings (SSSR count). The van der Waals surface area contributed by atoms with Crippen LogP contribution in [0.1, 0.15) is 20.3 Å². The van der Waals surface area contributed by atoms with Crippen molar-refractivity contribution >= 4 is 11.9 Å². The van der Waals surface area contributed by atoms with Gasteiger partial charge in [-0.1, -0.05) is 6.92 Å². The van der Waals surface area contributed by atoms with Crippen LogP contribution in [-0.4, -0.2) is 61.3 Å². The van der Waals surface area contributed by atoms with Gasteiger partial charge in [0.2, 0.25) is 0 Å².